The van der Waals surface area contributed by atoms with Crippen LogP contribution in [-0.4, -0.2) is 39.6 Å². The molecule has 1 atom stereocenters. The normalized spacial score (nSPS) is 18.1. The Morgan fingerprint density at radius 2 is 2.10 bits per heavy atom. The molecule has 2 aliphatic heterocycles. The van der Waals surface area contributed by atoms with Gasteiger partial charge in [-0.2, -0.15) is 0 Å². The molecule has 4 rings (SSSR count). The number of nitrogens with zero attached hydrogens (tertiary/aromatic N) is 2. The molecule has 4 amide bonds. The summed E-state index contributed by atoms with van der Waals surface area (Å²) in [4.78, 5) is 54.4. The molecule has 31 heavy (non-hydrogen) atoms. The molecule has 1 unspecified atom stereocenters. The van der Waals surface area contributed by atoms with Crippen LogP contribution in [0.4, 0.5) is 5.69 Å². The second kappa shape index (κ2) is 8.47. The van der Waals surface area contributed by atoms with Gasteiger partial charge in [0.15, 0.2) is 0 Å². The van der Waals surface area contributed by atoms with Crippen molar-refractivity contribution in [1.29, 1.82) is 0 Å². The average molecular weight is 441 g/mol. The van der Waals surface area contributed by atoms with E-state index in [1.165, 1.54) is 4.90 Å². The van der Waals surface area contributed by atoms with Gasteiger partial charge in [0.05, 0.1) is 17.8 Å². The third-order valence-corrected chi connectivity index (χ3v) is 5.93. The first-order valence-electron chi connectivity index (χ1n) is 10.0. The standard InChI is InChI=1S/C22H21ClN4O4/c1-12-2-4-14(9-16(12)23)25-19(28)6-3-13-8-15-17(24-10-13)11-27(22(15)31)18-5-7-20(29)26-21(18)30/h2,4,8-10,18H,3,5-7,11H2,1H3,(H,25,28)(H,26,29,30). The third-order valence-electron chi connectivity index (χ3n) is 5.52. The molecule has 0 saturated carbocycles. The van der Waals surface area contributed by atoms with Crippen LogP contribution in [0.5, 0.6) is 0 Å². The van der Waals surface area contributed by atoms with Gasteiger partial charge in [0, 0.05) is 29.7 Å². The number of carbonyl (C=O) groups excluding carboxylic acids is 4. The zero-order valence-corrected chi connectivity index (χ0v) is 17.7. The van der Waals surface area contributed by atoms with E-state index in [0.717, 1.165) is 11.1 Å². The molecule has 2 aliphatic rings. The van der Waals surface area contributed by atoms with E-state index in [1.54, 1.807) is 24.4 Å². The number of halogens is 1. The van der Waals surface area contributed by atoms with Crippen molar-refractivity contribution in [2.75, 3.05) is 5.32 Å². The number of carbonyl (C=O) groups is 4. The number of anilines is 1. The van der Waals surface area contributed by atoms with E-state index in [1.807, 2.05) is 13.0 Å². The molecular weight excluding hydrogens is 420 g/mol. The topological polar surface area (TPSA) is 108 Å². The first-order valence-corrected chi connectivity index (χ1v) is 10.4. The number of nitrogens with one attached hydrogen (secondary N) is 2. The molecule has 9 heteroatoms. The van der Waals surface area contributed by atoms with Crippen LogP contribution in [0, 0.1) is 6.92 Å². The Balaban J connectivity index is 1.38. The summed E-state index contributed by atoms with van der Waals surface area (Å²) in [6.07, 6.45) is 2.79. The lowest BCUT2D eigenvalue weighted by Crippen LogP contribution is -2.52. The molecule has 0 radical (unpaired) electrons. The highest BCUT2D eigenvalue weighted by Gasteiger charge is 2.39. The maximum atomic E-state index is 12.8. The van der Waals surface area contributed by atoms with Crippen LogP contribution < -0.4 is 10.6 Å². The van der Waals surface area contributed by atoms with Gasteiger partial charge in [-0.1, -0.05) is 17.7 Å². The van der Waals surface area contributed by atoms with E-state index in [-0.39, 0.29) is 37.1 Å². The molecule has 3 heterocycles. The summed E-state index contributed by atoms with van der Waals surface area (Å²) < 4.78 is 0. The first kappa shape index (κ1) is 21.0. The molecule has 1 fully saturated rings. The molecule has 0 spiro atoms. The molecule has 160 valence electrons. The second-order valence-corrected chi connectivity index (χ2v) is 8.16. The number of aromatic nitrogens is 1. The maximum Gasteiger partial charge on any atom is 0.256 e. The van der Waals surface area contributed by atoms with Gasteiger partial charge in [0.25, 0.3) is 5.91 Å². The molecule has 1 aromatic carbocycles. The van der Waals surface area contributed by atoms with E-state index >= 15 is 0 Å². The Labute approximate surface area is 184 Å². The van der Waals surface area contributed by atoms with Gasteiger partial charge in [-0.25, -0.2) is 0 Å². The highest BCUT2D eigenvalue weighted by atomic mass is 35.5. The highest BCUT2D eigenvalue weighted by molar-refractivity contribution is 6.31. The monoisotopic (exact) mass is 440 g/mol. The number of benzene rings is 1. The maximum absolute atomic E-state index is 12.8. The minimum absolute atomic E-state index is 0.170. The molecule has 2 aromatic rings. The van der Waals surface area contributed by atoms with Crippen molar-refractivity contribution in [2.24, 2.45) is 0 Å². The fourth-order valence-corrected chi connectivity index (χ4v) is 3.94. The van der Waals surface area contributed by atoms with Crippen LogP contribution in [0.1, 0.15) is 46.4 Å². The lowest BCUT2D eigenvalue weighted by Gasteiger charge is -2.29. The molecular formula is C22H21ClN4O4. The molecule has 2 N–H and O–H groups in total. The molecule has 8 nitrogen and oxygen atoms in total. The van der Waals surface area contributed by atoms with Crippen LogP contribution in [0.15, 0.2) is 30.5 Å². The summed E-state index contributed by atoms with van der Waals surface area (Å²) in [5, 5.41) is 5.67. The summed E-state index contributed by atoms with van der Waals surface area (Å²) in [5.41, 5.74) is 3.35. The Morgan fingerprint density at radius 1 is 1.29 bits per heavy atom. The lowest BCUT2D eigenvalue weighted by atomic mass is 10.0. The minimum Gasteiger partial charge on any atom is -0.326 e. The van der Waals surface area contributed by atoms with Gasteiger partial charge in [0.1, 0.15) is 6.04 Å². The third kappa shape index (κ3) is 4.44. The fourth-order valence-electron chi connectivity index (χ4n) is 3.76. The van der Waals surface area contributed by atoms with Gasteiger partial charge in [0.2, 0.25) is 17.7 Å². The molecule has 1 aromatic heterocycles. The SMILES string of the molecule is Cc1ccc(NC(=O)CCc2cnc3c(c2)C(=O)N(C2CCC(=O)NC2=O)C3)cc1Cl. The summed E-state index contributed by atoms with van der Waals surface area (Å²) in [5.74, 6) is -1.22. The predicted octanol–water partition coefficient (Wildman–Crippen LogP) is 2.38. The van der Waals surface area contributed by atoms with Gasteiger partial charge in [-0.05, 0) is 49.1 Å². The first-order chi connectivity index (χ1) is 14.8. The van der Waals surface area contributed by atoms with E-state index in [0.29, 0.717) is 34.8 Å². The Bertz CT molecular complexity index is 1100. The quantitative estimate of drug-likeness (QED) is 0.694. The van der Waals surface area contributed by atoms with E-state index in [2.05, 4.69) is 15.6 Å². The fraction of sp³-hybridized carbons (Fsp3) is 0.318. The van der Waals surface area contributed by atoms with Gasteiger partial charge in [-0.3, -0.25) is 29.5 Å². The zero-order valence-electron chi connectivity index (χ0n) is 16.9. The molecule has 0 bridgehead atoms. The van der Waals surface area contributed by atoms with Gasteiger partial charge >= 0.3 is 0 Å². The number of amides is 4. The largest absolute Gasteiger partial charge is 0.326 e. The summed E-state index contributed by atoms with van der Waals surface area (Å²) >= 11 is 6.08. The van der Waals surface area contributed by atoms with Crippen molar-refractivity contribution in [3.05, 3.63) is 57.9 Å². The Kier molecular flexibility index (Phi) is 5.73. The lowest BCUT2D eigenvalue weighted by molar-refractivity contribution is -0.137. The van der Waals surface area contributed by atoms with E-state index in [4.69, 9.17) is 11.6 Å². The van der Waals surface area contributed by atoms with Gasteiger partial charge in [-0.15, -0.1) is 0 Å². The van der Waals surface area contributed by atoms with E-state index < -0.39 is 11.9 Å². The zero-order chi connectivity index (χ0) is 22.1. The minimum atomic E-state index is -0.671. The summed E-state index contributed by atoms with van der Waals surface area (Å²) in [6.45, 7) is 2.12. The number of aryl methyl sites for hydroxylation is 2. The van der Waals surface area contributed by atoms with Crippen molar-refractivity contribution in [3.8, 4) is 0 Å². The second-order valence-electron chi connectivity index (χ2n) is 7.75. The number of pyridine rings is 1. The highest BCUT2D eigenvalue weighted by Crippen LogP contribution is 2.27. The van der Waals surface area contributed by atoms with Crippen molar-refractivity contribution in [3.63, 3.8) is 0 Å². The summed E-state index contributed by atoms with van der Waals surface area (Å²) in [7, 11) is 0. The number of hydrogen-bond acceptors (Lipinski definition) is 5. The van der Waals surface area contributed by atoms with Crippen molar-refractivity contribution in [1.82, 2.24) is 15.2 Å². The smallest absolute Gasteiger partial charge is 0.256 e. The predicted molar refractivity (Wildman–Crippen MR) is 113 cm³/mol. The number of fused-ring (bicyclic) bond motifs is 1. The van der Waals surface area contributed by atoms with Crippen LogP contribution in [0.2, 0.25) is 5.02 Å². The number of piperidine rings is 1. The number of hydrogen-bond donors (Lipinski definition) is 2. The van der Waals surface area contributed by atoms with Crippen molar-refractivity contribution >= 4 is 40.9 Å². The Hall–Kier alpha value is -3.26. The average Bonchev–Trinajstić information content (AvgIpc) is 3.05. The van der Waals surface area contributed by atoms with E-state index in [9.17, 15) is 19.2 Å². The summed E-state index contributed by atoms with van der Waals surface area (Å²) in [6, 6.07) is 6.39. The van der Waals surface area contributed by atoms with Crippen molar-refractivity contribution in [2.45, 2.75) is 45.2 Å². The molecule has 1 saturated heterocycles. The van der Waals surface area contributed by atoms with Crippen LogP contribution in [-0.2, 0) is 27.3 Å². The number of imide groups is 1. The van der Waals surface area contributed by atoms with Gasteiger partial charge < -0.3 is 10.2 Å². The molecule has 0 aliphatic carbocycles. The van der Waals surface area contributed by atoms with Crippen LogP contribution in [0.25, 0.3) is 0 Å². The number of rotatable bonds is 5. The Morgan fingerprint density at radius 3 is 2.84 bits per heavy atom. The van der Waals surface area contributed by atoms with Crippen LogP contribution in [0.3, 0.4) is 0 Å². The van der Waals surface area contributed by atoms with Crippen LogP contribution >= 0.6 is 11.6 Å². The van der Waals surface area contributed by atoms with Crippen molar-refractivity contribution < 1.29 is 19.2 Å².